The highest BCUT2D eigenvalue weighted by Crippen LogP contribution is 2.32. The van der Waals surface area contributed by atoms with Crippen LogP contribution in [0.5, 0.6) is 11.5 Å². The first kappa shape index (κ1) is 13.7. The molecule has 0 radical (unpaired) electrons. The van der Waals surface area contributed by atoms with Crippen LogP contribution >= 0.6 is 0 Å². The molecule has 3 rings (SSSR count). The predicted octanol–water partition coefficient (Wildman–Crippen LogP) is 1.61. The Labute approximate surface area is 125 Å². The van der Waals surface area contributed by atoms with Gasteiger partial charge in [-0.25, -0.2) is 0 Å². The molecule has 0 saturated heterocycles. The van der Waals surface area contributed by atoms with Crippen LogP contribution in [-0.4, -0.2) is 37.1 Å². The van der Waals surface area contributed by atoms with Gasteiger partial charge in [-0.3, -0.25) is 0 Å². The highest BCUT2D eigenvalue weighted by Gasteiger charge is 2.17. The van der Waals surface area contributed by atoms with Gasteiger partial charge in [-0.05, 0) is 16.8 Å². The van der Waals surface area contributed by atoms with Gasteiger partial charge in [0.15, 0.2) is 0 Å². The van der Waals surface area contributed by atoms with E-state index in [9.17, 15) is 15.0 Å². The normalized spacial score (nSPS) is 12.0. The van der Waals surface area contributed by atoms with Crippen LogP contribution in [-0.2, 0) is 4.79 Å². The van der Waals surface area contributed by atoms with Crippen molar-refractivity contribution in [1.29, 1.82) is 0 Å². The largest absolute Gasteiger partial charge is 0.508 e. The number of aldehydes is 1. The number of rotatable bonds is 4. The summed E-state index contributed by atoms with van der Waals surface area (Å²) in [4.78, 5) is 11.4. The fourth-order valence-corrected chi connectivity index (χ4v) is 2.25. The fraction of sp³-hybridized carbons (Fsp3) is 0.0667. The molecule has 2 aromatic carbocycles. The van der Waals surface area contributed by atoms with Crippen LogP contribution in [0.2, 0.25) is 0 Å². The smallest absolute Gasteiger partial charge is 0.204 e. The second kappa shape index (κ2) is 5.65. The van der Waals surface area contributed by atoms with E-state index in [0.717, 1.165) is 11.8 Å². The molecular weight excluding hydrogens is 284 g/mol. The summed E-state index contributed by atoms with van der Waals surface area (Å²) in [6.45, 7) is 0. The quantitative estimate of drug-likeness (QED) is 0.630. The number of phenolic OH excluding ortho intramolecular Hbond substituents is 2. The molecule has 0 fully saturated rings. The van der Waals surface area contributed by atoms with Crippen molar-refractivity contribution in [1.82, 2.24) is 20.6 Å². The molecule has 0 aliphatic heterocycles. The summed E-state index contributed by atoms with van der Waals surface area (Å²) >= 11 is 0. The van der Waals surface area contributed by atoms with Gasteiger partial charge in [0.1, 0.15) is 17.8 Å². The maximum absolute atomic E-state index is 11.4. The van der Waals surface area contributed by atoms with Gasteiger partial charge in [-0.1, -0.05) is 30.3 Å². The third kappa shape index (κ3) is 2.51. The molecule has 7 nitrogen and oxygen atoms in total. The first-order valence-corrected chi connectivity index (χ1v) is 6.50. The zero-order valence-corrected chi connectivity index (χ0v) is 11.3. The molecule has 1 unspecified atom stereocenters. The lowest BCUT2D eigenvalue weighted by molar-refractivity contribution is -0.108. The maximum atomic E-state index is 11.4. The van der Waals surface area contributed by atoms with Crippen molar-refractivity contribution in [3.8, 4) is 22.9 Å². The van der Waals surface area contributed by atoms with Gasteiger partial charge in [-0.15, -0.1) is 10.2 Å². The summed E-state index contributed by atoms with van der Waals surface area (Å²) in [6.07, 6.45) is 0.745. The first-order chi connectivity index (χ1) is 10.7. The molecular formula is C15H12N4O3. The summed E-state index contributed by atoms with van der Waals surface area (Å²) < 4.78 is 0. The molecule has 1 heterocycles. The molecule has 7 heteroatoms. The third-order valence-corrected chi connectivity index (χ3v) is 3.36. The predicted molar refractivity (Wildman–Crippen MR) is 77.3 cm³/mol. The number of H-pyrrole nitrogens is 1. The summed E-state index contributed by atoms with van der Waals surface area (Å²) in [5, 5.41) is 32.9. The van der Waals surface area contributed by atoms with Crippen molar-refractivity contribution in [2.75, 3.05) is 0 Å². The van der Waals surface area contributed by atoms with E-state index < -0.39 is 5.92 Å². The minimum atomic E-state index is -0.625. The number of nitrogens with one attached hydrogen (secondary N) is 1. The Balaban J connectivity index is 1.95. The third-order valence-electron chi connectivity index (χ3n) is 3.36. The average molecular weight is 296 g/mol. The Morgan fingerprint density at radius 3 is 2.45 bits per heavy atom. The van der Waals surface area contributed by atoms with Gasteiger partial charge in [-0.2, -0.15) is 5.21 Å². The van der Waals surface area contributed by atoms with E-state index in [0.29, 0.717) is 17.0 Å². The van der Waals surface area contributed by atoms with Crippen molar-refractivity contribution in [2.24, 2.45) is 0 Å². The van der Waals surface area contributed by atoms with Crippen LogP contribution in [0, 0.1) is 0 Å². The number of phenols is 2. The number of nitrogens with zero attached hydrogens (tertiary/aromatic N) is 3. The van der Waals surface area contributed by atoms with Gasteiger partial charge in [0.2, 0.25) is 5.82 Å². The van der Waals surface area contributed by atoms with E-state index >= 15 is 0 Å². The van der Waals surface area contributed by atoms with Crippen LogP contribution in [0.25, 0.3) is 11.4 Å². The minimum absolute atomic E-state index is 0.0571. The van der Waals surface area contributed by atoms with Crippen LogP contribution in [0.1, 0.15) is 17.0 Å². The van der Waals surface area contributed by atoms with Gasteiger partial charge >= 0.3 is 0 Å². The molecule has 0 bridgehead atoms. The number of hydrogen-bond donors (Lipinski definition) is 3. The SMILES string of the molecule is O=CC(c1ccc(-c2nn[nH]n2)cc1)c1ccc(O)cc1O. The molecule has 0 aliphatic rings. The van der Waals surface area contributed by atoms with E-state index in [1.54, 1.807) is 24.3 Å². The average Bonchev–Trinajstić information content (AvgIpc) is 3.05. The molecule has 1 aromatic heterocycles. The van der Waals surface area contributed by atoms with Gasteiger partial charge in [0, 0.05) is 17.2 Å². The second-order valence-corrected chi connectivity index (χ2v) is 4.71. The number of carbonyl (C=O) groups excluding carboxylic acids is 1. The van der Waals surface area contributed by atoms with Crippen molar-refractivity contribution in [3.63, 3.8) is 0 Å². The summed E-state index contributed by atoms with van der Waals surface area (Å²) in [5.41, 5.74) is 1.90. The molecule has 3 N–H and O–H groups in total. The van der Waals surface area contributed by atoms with E-state index in [1.807, 2.05) is 0 Å². The van der Waals surface area contributed by atoms with Crippen molar-refractivity contribution in [3.05, 3.63) is 53.6 Å². The fourth-order valence-electron chi connectivity index (χ4n) is 2.25. The van der Waals surface area contributed by atoms with Crippen LogP contribution in [0.15, 0.2) is 42.5 Å². The molecule has 1 atom stereocenters. The van der Waals surface area contributed by atoms with Crippen LogP contribution in [0.3, 0.4) is 0 Å². The standard InChI is InChI=1S/C15H12N4O3/c20-8-13(12-6-5-11(21)7-14(12)22)9-1-3-10(4-2-9)15-16-18-19-17-15/h1-8,13,21-22H,(H,16,17,18,19). The second-order valence-electron chi connectivity index (χ2n) is 4.71. The summed E-state index contributed by atoms with van der Waals surface area (Å²) in [5.74, 6) is -0.348. The molecule has 22 heavy (non-hydrogen) atoms. The van der Waals surface area contributed by atoms with Crippen LogP contribution < -0.4 is 0 Å². The maximum Gasteiger partial charge on any atom is 0.204 e. The Morgan fingerprint density at radius 1 is 1.09 bits per heavy atom. The number of hydrogen-bond acceptors (Lipinski definition) is 6. The minimum Gasteiger partial charge on any atom is -0.508 e. The lowest BCUT2D eigenvalue weighted by Gasteiger charge is -2.13. The van der Waals surface area contributed by atoms with Crippen molar-refractivity contribution in [2.45, 2.75) is 5.92 Å². The summed E-state index contributed by atoms with van der Waals surface area (Å²) in [6, 6.07) is 11.2. The zero-order valence-electron chi connectivity index (χ0n) is 11.3. The number of carbonyl (C=O) groups is 1. The highest BCUT2D eigenvalue weighted by molar-refractivity contribution is 5.71. The van der Waals surface area contributed by atoms with Gasteiger partial charge in [0.25, 0.3) is 0 Å². The lowest BCUT2D eigenvalue weighted by atomic mass is 9.91. The monoisotopic (exact) mass is 296 g/mol. The summed E-state index contributed by atoms with van der Waals surface area (Å²) in [7, 11) is 0. The topological polar surface area (TPSA) is 112 Å². The lowest BCUT2D eigenvalue weighted by Crippen LogP contribution is -2.02. The first-order valence-electron chi connectivity index (χ1n) is 6.50. The molecule has 0 saturated carbocycles. The Kier molecular flexibility index (Phi) is 3.53. The number of aromatic hydroxyl groups is 2. The van der Waals surface area contributed by atoms with E-state index in [1.165, 1.54) is 18.2 Å². The van der Waals surface area contributed by atoms with Gasteiger partial charge in [0.05, 0.1) is 5.92 Å². The number of aromatic nitrogens is 4. The number of benzene rings is 2. The Bertz CT molecular complexity index is 785. The highest BCUT2D eigenvalue weighted by atomic mass is 16.3. The number of tetrazole rings is 1. The van der Waals surface area contributed by atoms with Crippen molar-refractivity contribution < 1.29 is 15.0 Å². The Hall–Kier alpha value is -3.22. The molecule has 0 amide bonds. The zero-order chi connectivity index (χ0) is 15.5. The molecule has 110 valence electrons. The molecule has 0 aliphatic carbocycles. The van der Waals surface area contributed by atoms with Crippen LogP contribution in [0.4, 0.5) is 0 Å². The molecule has 3 aromatic rings. The van der Waals surface area contributed by atoms with E-state index in [-0.39, 0.29) is 11.5 Å². The Morgan fingerprint density at radius 2 is 1.86 bits per heavy atom. The van der Waals surface area contributed by atoms with E-state index in [2.05, 4.69) is 20.6 Å². The molecule has 0 spiro atoms. The van der Waals surface area contributed by atoms with Gasteiger partial charge < -0.3 is 15.0 Å². The van der Waals surface area contributed by atoms with E-state index in [4.69, 9.17) is 0 Å². The number of aromatic amines is 1. The van der Waals surface area contributed by atoms with Crippen molar-refractivity contribution >= 4 is 6.29 Å².